The Morgan fingerprint density at radius 3 is 2.41 bits per heavy atom. The number of halogens is 1. The van der Waals surface area contributed by atoms with Crippen LogP contribution in [0, 0.1) is 0 Å². The van der Waals surface area contributed by atoms with Crippen molar-refractivity contribution in [3.63, 3.8) is 0 Å². The van der Waals surface area contributed by atoms with Gasteiger partial charge >= 0.3 is 0 Å². The summed E-state index contributed by atoms with van der Waals surface area (Å²) in [5.74, 6) is 0.207. The zero-order valence-corrected chi connectivity index (χ0v) is 20.6. The van der Waals surface area contributed by atoms with Gasteiger partial charge in [-0.05, 0) is 73.9 Å². The number of hydrogen-bond acceptors (Lipinski definition) is 4. The lowest BCUT2D eigenvalue weighted by atomic mass is 10.1. The molecule has 1 saturated heterocycles. The third kappa shape index (κ3) is 6.77. The molecule has 0 saturated carbocycles. The van der Waals surface area contributed by atoms with E-state index in [9.17, 15) is 9.59 Å². The molecule has 0 spiro atoms. The van der Waals surface area contributed by atoms with Crippen molar-refractivity contribution in [2.24, 2.45) is 0 Å². The molecule has 32 heavy (non-hydrogen) atoms. The first kappa shape index (κ1) is 24.2. The van der Waals surface area contributed by atoms with Gasteiger partial charge in [0.2, 0.25) is 0 Å². The van der Waals surface area contributed by atoms with Crippen molar-refractivity contribution in [2.45, 2.75) is 39.0 Å². The van der Waals surface area contributed by atoms with Crippen LogP contribution in [0.15, 0.2) is 46.9 Å². The SMILES string of the molecule is CCCOc1ccc(Br)cc1C(=O)NC(=S)Nc1ccc(C(=O)N2CCCCCC2)cc1. The van der Waals surface area contributed by atoms with Gasteiger partial charge in [-0.25, -0.2) is 0 Å². The van der Waals surface area contributed by atoms with Crippen molar-refractivity contribution in [1.29, 1.82) is 0 Å². The number of ether oxygens (including phenoxy) is 1. The van der Waals surface area contributed by atoms with E-state index in [-0.39, 0.29) is 16.9 Å². The van der Waals surface area contributed by atoms with Gasteiger partial charge < -0.3 is 15.0 Å². The average Bonchev–Trinajstić information content (AvgIpc) is 3.08. The van der Waals surface area contributed by atoms with Crippen LogP contribution in [0.4, 0.5) is 5.69 Å². The zero-order valence-electron chi connectivity index (χ0n) is 18.2. The quantitative estimate of drug-likeness (QED) is 0.503. The second-order valence-electron chi connectivity index (χ2n) is 7.68. The number of likely N-dealkylation sites (tertiary alicyclic amines) is 1. The lowest BCUT2D eigenvalue weighted by Crippen LogP contribution is -2.34. The monoisotopic (exact) mass is 517 g/mol. The average molecular weight is 518 g/mol. The number of nitrogens with one attached hydrogen (secondary N) is 2. The number of carbonyl (C=O) groups excluding carboxylic acids is 2. The molecule has 2 aromatic rings. The fourth-order valence-corrected chi connectivity index (χ4v) is 4.07. The third-order valence-electron chi connectivity index (χ3n) is 5.16. The van der Waals surface area contributed by atoms with Gasteiger partial charge in [0.25, 0.3) is 11.8 Å². The van der Waals surface area contributed by atoms with E-state index in [2.05, 4.69) is 26.6 Å². The van der Waals surface area contributed by atoms with Crippen LogP contribution in [0.2, 0.25) is 0 Å². The van der Waals surface area contributed by atoms with E-state index in [4.69, 9.17) is 17.0 Å². The van der Waals surface area contributed by atoms with E-state index < -0.39 is 0 Å². The maximum atomic E-state index is 12.7. The number of nitrogens with zero attached hydrogens (tertiary/aromatic N) is 1. The van der Waals surface area contributed by atoms with Crippen LogP contribution >= 0.6 is 28.1 Å². The largest absolute Gasteiger partial charge is 0.493 e. The van der Waals surface area contributed by atoms with E-state index in [1.807, 2.05) is 17.9 Å². The summed E-state index contributed by atoms with van der Waals surface area (Å²) >= 11 is 8.70. The molecule has 0 aromatic heterocycles. The van der Waals surface area contributed by atoms with Crippen LogP contribution in [-0.2, 0) is 0 Å². The summed E-state index contributed by atoms with van der Waals surface area (Å²) in [7, 11) is 0. The first-order valence-electron chi connectivity index (χ1n) is 10.9. The Balaban J connectivity index is 1.60. The number of rotatable bonds is 6. The predicted octanol–water partition coefficient (Wildman–Crippen LogP) is 5.38. The lowest BCUT2D eigenvalue weighted by molar-refractivity contribution is 0.0761. The molecule has 1 fully saturated rings. The molecule has 0 aliphatic carbocycles. The Morgan fingerprint density at radius 2 is 1.75 bits per heavy atom. The molecule has 1 aliphatic rings. The van der Waals surface area contributed by atoms with Crippen molar-refractivity contribution in [1.82, 2.24) is 10.2 Å². The minimum Gasteiger partial charge on any atom is -0.493 e. The minimum atomic E-state index is -0.358. The summed E-state index contributed by atoms with van der Waals surface area (Å²) in [5.41, 5.74) is 1.74. The first-order chi connectivity index (χ1) is 15.5. The van der Waals surface area contributed by atoms with Gasteiger partial charge in [-0.15, -0.1) is 0 Å². The highest BCUT2D eigenvalue weighted by atomic mass is 79.9. The molecule has 8 heteroatoms. The molecule has 2 amide bonds. The van der Waals surface area contributed by atoms with Gasteiger partial charge in [-0.3, -0.25) is 14.9 Å². The van der Waals surface area contributed by atoms with Crippen molar-refractivity contribution in [3.05, 3.63) is 58.1 Å². The van der Waals surface area contributed by atoms with Crippen LogP contribution in [0.3, 0.4) is 0 Å². The second-order valence-corrected chi connectivity index (χ2v) is 9.00. The number of benzene rings is 2. The van der Waals surface area contributed by atoms with Gasteiger partial charge in [0.05, 0.1) is 12.2 Å². The molecule has 0 radical (unpaired) electrons. The molecule has 2 aromatic carbocycles. The van der Waals surface area contributed by atoms with Crippen LogP contribution in [0.1, 0.15) is 59.7 Å². The minimum absolute atomic E-state index is 0.0589. The van der Waals surface area contributed by atoms with E-state index in [0.717, 1.165) is 36.8 Å². The van der Waals surface area contributed by atoms with E-state index in [1.165, 1.54) is 12.8 Å². The Bertz CT molecular complexity index is 957. The Hall–Kier alpha value is -2.45. The molecule has 1 heterocycles. The molecule has 0 unspecified atom stereocenters. The van der Waals surface area contributed by atoms with E-state index in [0.29, 0.717) is 29.2 Å². The highest BCUT2D eigenvalue weighted by Crippen LogP contribution is 2.23. The van der Waals surface area contributed by atoms with Gasteiger partial charge in [-0.2, -0.15) is 0 Å². The van der Waals surface area contributed by atoms with E-state index >= 15 is 0 Å². The molecule has 3 rings (SSSR count). The highest BCUT2D eigenvalue weighted by Gasteiger charge is 2.18. The van der Waals surface area contributed by atoms with Gasteiger partial charge in [0.1, 0.15) is 5.75 Å². The number of amides is 2. The van der Waals surface area contributed by atoms with Crippen LogP contribution in [0.5, 0.6) is 5.75 Å². The number of anilines is 1. The van der Waals surface area contributed by atoms with Crippen molar-refractivity contribution >= 4 is 50.8 Å². The summed E-state index contributed by atoms with van der Waals surface area (Å²) in [6.45, 7) is 4.15. The highest BCUT2D eigenvalue weighted by molar-refractivity contribution is 9.10. The Labute approximate surface area is 202 Å². The molecule has 0 bridgehead atoms. The lowest BCUT2D eigenvalue weighted by Gasteiger charge is -2.20. The topological polar surface area (TPSA) is 70.7 Å². The zero-order chi connectivity index (χ0) is 22.9. The smallest absolute Gasteiger partial charge is 0.261 e. The fourth-order valence-electron chi connectivity index (χ4n) is 3.50. The summed E-state index contributed by atoms with van der Waals surface area (Å²) in [6.07, 6.45) is 5.32. The maximum absolute atomic E-state index is 12.7. The molecular weight excluding hydrogens is 490 g/mol. The fraction of sp³-hybridized carbons (Fsp3) is 0.375. The molecule has 170 valence electrons. The van der Waals surface area contributed by atoms with Gasteiger partial charge in [-0.1, -0.05) is 35.7 Å². The standard InChI is InChI=1S/C24H28BrN3O3S/c1-2-15-31-21-12-9-18(25)16-20(21)22(29)27-24(32)26-19-10-7-17(8-11-19)23(30)28-13-5-3-4-6-14-28/h7-12,16H,2-6,13-15H2,1H3,(H2,26,27,29,32). The third-order valence-corrected chi connectivity index (χ3v) is 5.86. The Kier molecular flexibility index (Phi) is 9.05. The maximum Gasteiger partial charge on any atom is 0.261 e. The van der Waals surface area contributed by atoms with Crippen molar-refractivity contribution < 1.29 is 14.3 Å². The normalized spacial score (nSPS) is 13.8. The first-order valence-corrected chi connectivity index (χ1v) is 12.1. The van der Waals surface area contributed by atoms with Crippen molar-refractivity contribution in [2.75, 3.05) is 25.0 Å². The number of hydrogen-bond donors (Lipinski definition) is 2. The predicted molar refractivity (Wildman–Crippen MR) is 134 cm³/mol. The summed E-state index contributed by atoms with van der Waals surface area (Å²) < 4.78 is 6.45. The molecule has 6 nitrogen and oxygen atoms in total. The summed E-state index contributed by atoms with van der Waals surface area (Å²) in [5, 5.41) is 5.86. The number of thiocarbonyl (C=S) groups is 1. The molecule has 2 N–H and O–H groups in total. The number of carbonyl (C=O) groups is 2. The molecule has 1 aliphatic heterocycles. The summed E-state index contributed by atoms with van der Waals surface area (Å²) in [4.78, 5) is 27.4. The molecular formula is C24H28BrN3O3S. The Morgan fingerprint density at radius 1 is 1.06 bits per heavy atom. The van der Waals surface area contributed by atoms with Gasteiger partial charge in [0.15, 0.2) is 5.11 Å². The van der Waals surface area contributed by atoms with Crippen LogP contribution in [0.25, 0.3) is 0 Å². The van der Waals surface area contributed by atoms with Crippen molar-refractivity contribution in [3.8, 4) is 5.75 Å². The van der Waals surface area contributed by atoms with E-state index in [1.54, 1.807) is 36.4 Å². The summed E-state index contributed by atoms with van der Waals surface area (Å²) in [6, 6.07) is 12.4. The van der Waals surface area contributed by atoms with Crippen LogP contribution in [-0.4, -0.2) is 41.5 Å². The van der Waals surface area contributed by atoms with Gasteiger partial charge in [0, 0.05) is 28.8 Å². The second kappa shape index (κ2) is 12.0. The van der Waals surface area contributed by atoms with Crippen LogP contribution < -0.4 is 15.4 Å². The molecule has 0 atom stereocenters.